The van der Waals surface area contributed by atoms with Crippen molar-refractivity contribution in [3.05, 3.63) is 66.1 Å². The zero-order valence-electron chi connectivity index (χ0n) is 13.3. The van der Waals surface area contributed by atoms with Crippen LogP contribution in [0.3, 0.4) is 0 Å². The van der Waals surface area contributed by atoms with E-state index in [1.54, 1.807) is 36.0 Å². The molecule has 0 aliphatic rings. The SMILES string of the molecule is COC(=O)c1cccc(NC(=O)c2cnn(C)c2-n2cccc2)c1. The van der Waals surface area contributed by atoms with E-state index in [0.29, 0.717) is 22.6 Å². The van der Waals surface area contributed by atoms with E-state index < -0.39 is 5.97 Å². The summed E-state index contributed by atoms with van der Waals surface area (Å²) in [7, 11) is 3.08. The molecule has 1 aromatic carbocycles. The minimum Gasteiger partial charge on any atom is -0.465 e. The molecule has 0 saturated carbocycles. The molecule has 0 saturated heterocycles. The normalized spacial score (nSPS) is 10.4. The second kappa shape index (κ2) is 6.41. The molecule has 0 aliphatic heterocycles. The third kappa shape index (κ3) is 2.91. The van der Waals surface area contributed by atoms with E-state index in [9.17, 15) is 9.59 Å². The Labute approximate surface area is 138 Å². The number of amides is 1. The van der Waals surface area contributed by atoms with Crippen LogP contribution in [0.15, 0.2) is 55.0 Å². The highest BCUT2D eigenvalue weighted by molar-refractivity contribution is 6.06. The number of nitrogens with one attached hydrogen (secondary N) is 1. The first-order chi connectivity index (χ1) is 11.6. The summed E-state index contributed by atoms with van der Waals surface area (Å²) in [5.74, 6) is -0.115. The lowest BCUT2D eigenvalue weighted by molar-refractivity contribution is 0.0600. The molecule has 0 aliphatic carbocycles. The van der Waals surface area contributed by atoms with E-state index in [0.717, 1.165) is 0 Å². The molecule has 3 rings (SSSR count). The number of hydrogen-bond acceptors (Lipinski definition) is 4. The van der Waals surface area contributed by atoms with Gasteiger partial charge in [-0.2, -0.15) is 5.10 Å². The Kier molecular flexibility index (Phi) is 4.15. The number of methoxy groups -OCH3 is 1. The zero-order chi connectivity index (χ0) is 17.1. The molecular weight excluding hydrogens is 308 g/mol. The topological polar surface area (TPSA) is 78.2 Å². The maximum absolute atomic E-state index is 12.6. The summed E-state index contributed by atoms with van der Waals surface area (Å²) in [5, 5.41) is 6.94. The van der Waals surface area contributed by atoms with Gasteiger partial charge in [-0.3, -0.25) is 9.48 Å². The Morgan fingerprint density at radius 3 is 2.62 bits per heavy atom. The second-order valence-corrected chi connectivity index (χ2v) is 5.12. The van der Waals surface area contributed by atoms with Crippen LogP contribution < -0.4 is 5.32 Å². The number of esters is 1. The van der Waals surface area contributed by atoms with Crippen LogP contribution in [0.4, 0.5) is 5.69 Å². The summed E-state index contributed by atoms with van der Waals surface area (Å²) in [4.78, 5) is 24.2. The van der Waals surface area contributed by atoms with Crippen molar-refractivity contribution in [3.63, 3.8) is 0 Å². The number of carbonyl (C=O) groups excluding carboxylic acids is 2. The predicted octanol–water partition coefficient (Wildman–Crippen LogP) is 2.25. The van der Waals surface area contributed by atoms with E-state index in [2.05, 4.69) is 15.2 Å². The number of rotatable bonds is 4. The number of carbonyl (C=O) groups is 2. The number of ether oxygens (including phenoxy) is 1. The molecule has 1 N–H and O–H groups in total. The van der Waals surface area contributed by atoms with Crippen molar-refractivity contribution in [3.8, 4) is 5.82 Å². The highest BCUT2D eigenvalue weighted by Gasteiger charge is 2.18. The molecule has 2 aromatic heterocycles. The summed E-state index contributed by atoms with van der Waals surface area (Å²) in [5.41, 5.74) is 1.30. The molecule has 0 unspecified atom stereocenters. The average Bonchev–Trinajstić information content (AvgIpc) is 3.23. The Morgan fingerprint density at radius 1 is 1.17 bits per heavy atom. The highest BCUT2D eigenvalue weighted by Crippen LogP contribution is 2.17. The lowest BCUT2D eigenvalue weighted by Gasteiger charge is -2.09. The molecule has 1 amide bonds. The zero-order valence-corrected chi connectivity index (χ0v) is 13.3. The van der Waals surface area contributed by atoms with Crippen molar-refractivity contribution >= 4 is 17.6 Å². The molecular formula is C17H16N4O3. The maximum atomic E-state index is 12.6. The molecule has 0 radical (unpaired) electrons. The first kappa shape index (κ1) is 15.5. The minimum absolute atomic E-state index is 0.311. The number of benzene rings is 1. The molecule has 7 nitrogen and oxygen atoms in total. The van der Waals surface area contributed by atoms with E-state index in [4.69, 9.17) is 0 Å². The van der Waals surface area contributed by atoms with Crippen molar-refractivity contribution < 1.29 is 14.3 Å². The highest BCUT2D eigenvalue weighted by atomic mass is 16.5. The summed E-state index contributed by atoms with van der Waals surface area (Å²) >= 11 is 0. The Morgan fingerprint density at radius 2 is 1.92 bits per heavy atom. The van der Waals surface area contributed by atoms with Crippen LogP contribution in [0.1, 0.15) is 20.7 Å². The first-order valence-corrected chi connectivity index (χ1v) is 7.25. The third-order valence-corrected chi connectivity index (χ3v) is 3.54. The Balaban J connectivity index is 1.88. The lowest BCUT2D eigenvalue weighted by Crippen LogP contribution is -2.15. The fourth-order valence-electron chi connectivity index (χ4n) is 2.41. The first-order valence-electron chi connectivity index (χ1n) is 7.25. The van der Waals surface area contributed by atoms with E-state index in [1.165, 1.54) is 13.3 Å². The lowest BCUT2D eigenvalue weighted by atomic mass is 10.2. The van der Waals surface area contributed by atoms with E-state index >= 15 is 0 Å². The van der Waals surface area contributed by atoms with Gasteiger partial charge in [0.1, 0.15) is 11.4 Å². The molecule has 0 atom stereocenters. The van der Waals surface area contributed by atoms with Crippen LogP contribution >= 0.6 is 0 Å². The van der Waals surface area contributed by atoms with Crippen LogP contribution in [0.5, 0.6) is 0 Å². The number of nitrogens with zero attached hydrogens (tertiary/aromatic N) is 3. The summed E-state index contributed by atoms with van der Waals surface area (Å²) in [6, 6.07) is 10.3. The van der Waals surface area contributed by atoms with Crippen LogP contribution in [-0.4, -0.2) is 33.3 Å². The van der Waals surface area contributed by atoms with Gasteiger partial charge in [0.25, 0.3) is 5.91 Å². The fourth-order valence-corrected chi connectivity index (χ4v) is 2.41. The molecule has 24 heavy (non-hydrogen) atoms. The fraction of sp³-hybridized carbons (Fsp3) is 0.118. The smallest absolute Gasteiger partial charge is 0.337 e. The Bertz CT molecular complexity index is 881. The molecule has 0 spiro atoms. The number of hydrogen-bond donors (Lipinski definition) is 1. The quantitative estimate of drug-likeness (QED) is 0.747. The molecule has 122 valence electrons. The van der Waals surface area contributed by atoms with Gasteiger partial charge in [0.05, 0.1) is 18.9 Å². The molecule has 7 heteroatoms. The molecule has 3 aromatic rings. The van der Waals surface area contributed by atoms with Gasteiger partial charge in [-0.15, -0.1) is 0 Å². The van der Waals surface area contributed by atoms with Crippen LogP contribution in [0.2, 0.25) is 0 Å². The number of anilines is 1. The van der Waals surface area contributed by atoms with Gasteiger partial charge in [-0.1, -0.05) is 6.07 Å². The minimum atomic E-state index is -0.458. The van der Waals surface area contributed by atoms with Gasteiger partial charge in [-0.05, 0) is 30.3 Å². The Hall–Kier alpha value is -3.35. The van der Waals surface area contributed by atoms with Crippen LogP contribution in [0, 0.1) is 0 Å². The summed E-state index contributed by atoms with van der Waals surface area (Å²) in [6.45, 7) is 0. The molecule has 0 bridgehead atoms. The van der Waals surface area contributed by atoms with Crippen molar-refractivity contribution in [2.75, 3.05) is 12.4 Å². The van der Waals surface area contributed by atoms with Crippen molar-refractivity contribution in [1.29, 1.82) is 0 Å². The van der Waals surface area contributed by atoms with Gasteiger partial charge in [0.15, 0.2) is 0 Å². The van der Waals surface area contributed by atoms with Gasteiger partial charge in [0, 0.05) is 25.1 Å². The maximum Gasteiger partial charge on any atom is 0.337 e. The second-order valence-electron chi connectivity index (χ2n) is 5.12. The van der Waals surface area contributed by atoms with Crippen molar-refractivity contribution in [2.45, 2.75) is 0 Å². The largest absolute Gasteiger partial charge is 0.465 e. The number of aryl methyl sites for hydroxylation is 1. The summed E-state index contributed by atoms with van der Waals surface area (Å²) in [6.07, 6.45) is 5.19. The van der Waals surface area contributed by atoms with E-state index in [1.807, 2.05) is 29.1 Å². The van der Waals surface area contributed by atoms with Gasteiger partial charge < -0.3 is 14.6 Å². The van der Waals surface area contributed by atoms with E-state index in [-0.39, 0.29) is 5.91 Å². The average molecular weight is 324 g/mol. The van der Waals surface area contributed by atoms with Gasteiger partial charge >= 0.3 is 5.97 Å². The third-order valence-electron chi connectivity index (χ3n) is 3.54. The van der Waals surface area contributed by atoms with Crippen LogP contribution in [0.25, 0.3) is 5.82 Å². The predicted molar refractivity (Wildman–Crippen MR) is 88.3 cm³/mol. The standard InChI is InChI=1S/C17H16N4O3/c1-20-16(21-8-3-4-9-21)14(11-18-20)15(22)19-13-7-5-6-12(10-13)17(23)24-2/h3-11H,1-2H3,(H,19,22). The monoisotopic (exact) mass is 324 g/mol. The number of aromatic nitrogens is 3. The van der Waals surface area contributed by atoms with Gasteiger partial charge in [0.2, 0.25) is 0 Å². The van der Waals surface area contributed by atoms with Gasteiger partial charge in [-0.25, -0.2) is 4.79 Å². The van der Waals surface area contributed by atoms with Crippen LogP contribution in [-0.2, 0) is 11.8 Å². The molecule has 0 fully saturated rings. The van der Waals surface area contributed by atoms with Crippen molar-refractivity contribution in [2.24, 2.45) is 7.05 Å². The van der Waals surface area contributed by atoms with Crippen molar-refractivity contribution in [1.82, 2.24) is 14.3 Å². The summed E-state index contributed by atoms with van der Waals surface area (Å²) < 4.78 is 8.12. The molecule has 2 heterocycles.